The normalized spacial score (nSPS) is 19.0. The lowest BCUT2D eigenvalue weighted by molar-refractivity contribution is -0.112. The summed E-state index contributed by atoms with van der Waals surface area (Å²) in [6.45, 7) is 3.18. The number of Topliss-reactive ketones (excluding diaryl/α,β-unsaturated/α-hetero) is 2. The van der Waals surface area contributed by atoms with Crippen LogP contribution in [-0.2, 0) is 6.54 Å². The molecular weight excluding hydrogens is 550 g/mol. The van der Waals surface area contributed by atoms with Crippen molar-refractivity contribution in [3.8, 4) is 6.07 Å². The highest BCUT2D eigenvalue weighted by atomic mass is 19.3. The van der Waals surface area contributed by atoms with Gasteiger partial charge in [-0.3, -0.25) is 24.3 Å². The summed E-state index contributed by atoms with van der Waals surface area (Å²) >= 11 is 0. The molecule has 1 amide bonds. The van der Waals surface area contributed by atoms with E-state index in [1.165, 1.54) is 18.3 Å². The molecule has 222 valence electrons. The van der Waals surface area contributed by atoms with Crippen molar-refractivity contribution in [2.45, 2.75) is 45.1 Å². The third kappa shape index (κ3) is 7.20. The number of aryl methyl sites for hydroxylation is 1. The summed E-state index contributed by atoms with van der Waals surface area (Å²) in [6.07, 6.45) is 2.31. The number of nitriles is 1. The van der Waals surface area contributed by atoms with E-state index in [0.29, 0.717) is 50.1 Å². The number of nitrogens with zero attached hydrogens (tertiary/aromatic N) is 4. The molecule has 5 rings (SSSR count). The Morgan fingerprint density at radius 2 is 1.60 bits per heavy atom. The van der Waals surface area contributed by atoms with Crippen LogP contribution in [0.3, 0.4) is 0 Å². The first kappa shape index (κ1) is 30.2. The van der Waals surface area contributed by atoms with Gasteiger partial charge < -0.3 is 4.90 Å². The smallest absolute Gasteiger partial charge is 0.272 e. The number of hydrogen-bond acceptors (Lipinski definition) is 6. The molecule has 0 saturated carbocycles. The minimum Gasteiger partial charge on any atom is -0.337 e. The molecule has 1 atom stereocenters. The molecule has 2 aromatic carbocycles. The molecule has 0 N–H and O–H groups in total. The molecule has 1 aromatic heterocycles. The van der Waals surface area contributed by atoms with Crippen LogP contribution in [0.25, 0.3) is 0 Å². The number of amides is 1. The maximum absolute atomic E-state index is 15.1. The lowest BCUT2D eigenvalue weighted by Gasteiger charge is -2.38. The fourth-order valence-corrected chi connectivity index (χ4v) is 5.87. The molecule has 9 heteroatoms. The van der Waals surface area contributed by atoms with E-state index in [1.807, 2.05) is 37.3 Å². The number of halogens is 2. The second-order valence-corrected chi connectivity index (χ2v) is 11.6. The van der Waals surface area contributed by atoms with Gasteiger partial charge >= 0.3 is 0 Å². The Bertz CT molecular complexity index is 1510. The second kappa shape index (κ2) is 12.9. The minimum atomic E-state index is -3.03. The highest BCUT2D eigenvalue weighted by Gasteiger charge is 2.45. The molecule has 0 aliphatic carbocycles. The molecule has 0 spiro atoms. The summed E-state index contributed by atoms with van der Waals surface area (Å²) in [6, 6.07) is 19.4. The van der Waals surface area contributed by atoms with Crippen LogP contribution >= 0.6 is 0 Å². The topological polar surface area (TPSA) is 94.4 Å². The molecule has 2 fully saturated rings. The standard InChI is InChI=1S/C34H34F2N4O3/c1-23-2-8-26(9-3-23)32(42)27-12-16-40(17-13-27)33(43)30-11-10-28(20-38-30)31(41)18-29-14-15-39(22-34(29,35)36)21-25-6-4-24(19-37)5-7-25/h2-11,20,27,29H,12-18,21-22H2,1H3. The number of carbonyl (C=O) groups excluding carboxylic acids is 3. The Morgan fingerprint density at radius 1 is 0.930 bits per heavy atom. The van der Waals surface area contributed by atoms with Gasteiger partial charge in [-0.15, -0.1) is 0 Å². The zero-order valence-corrected chi connectivity index (χ0v) is 24.1. The molecule has 0 radical (unpaired) electrons. The van der Waals surface area contributed by atoms with Crippen LogP contribution in [0.2, 0.25) is 0 Å². The highest BCUT2D eigenvalue weighted by Crippen LogP contribution is 2.36. The first-order valence-electron chi connectivity index (χ1n) is 14.6. The van der Waals surface area contributed by atoms with Crippen molar-refractivity contribution in [1.82, 2.24) is 14.8 Å². The second-order valence-electron chi connectivity index (χ2n) is 11.6. The van der Waals surface area contributed by atoms with Gasteiger partial charge in [-0.05, 0) is 62.6 Å². The minimum absolute atomic E-state index is 0.0932. The molecule has 7 nitrogen and oxygen atoms in total. The third-order valence-corrected chi connectivity index (χ3v) is 8.54. The zero-order valence-electron chi connectivity index (χ0n) is 24.1. The molecule has 2 aliphatic rings. The molecule has 2 saturated heterocycles. The van der Waals surface area contributed by atoms with Gasteiger partial charge in [0.15, 0.2) is 11.6 Å². The summed E-state index contributed by atoms with van der Waals surface area (Å²) in [5.74, 6) is -4.86. The van der Waals surface area contributed by atoms with Gasteiger partial charge in [-0.2, -0.15) is 5.26 Å². The predicted molar refractivity (Wildman–Crippen MR) is 157 cm³/mol. The Labute approximate surface area is 250 Å². The largest absolute Gasteiger partial charge is 0.337 e. The van der Waals surface area contributed by atoms with Crippen molar-refractivity contribution < 1.29 is 23.2 Å². The summed E-state index contributed by atoms with van der Waals surface area (Å²) < 4.78 is 30.1. The quantitative estimate of drug-likeness (QED) is 0.314. The first-order chi connectivity index (χ1) is 20.6. The number of ketones is 2. The number of piperidine rings is 2. The summed E-state index contributed by atoms with van der Waals surface area (Å²) in [4.78, 5) is 46.3. The van der Waals surface area contributed by atoms with Gasteiger partial charge in [-0.25, -0.2) is 8.78 Å². The molecule has 2 aliphatic heterocycles. The number of alkyl halides is 2. The van der Waals surface area contributed by atoms with E-state index < -0.39 is 24.2 Å². The fraction of sp³-hybridized carbons (Fsp3) is 0.382. The van der Waals surface area contributed by atoms with Gasteiger partial charge in [0.25, 0.3) is 11.8 Å². The highest BCUT2D eigenvalue weighted by molar-refractivity contribution is 5.99. The third-order valence-electron chi connectivity index (χ3n) is 8.54. The predicted octanol–water partition coefficient (Wildman–Crippen LogP) is 5.73. The Hall–Kier alpha value is -4.29. The van der Waals surface area contributed by atoms with Gasteiger partial charge in [0.1, 0.15) is 5.69 Å². The lowest BCUT2D eigenvalue weighted by atomic mass is 9.86. The number of benzene rings is 2. The molecule has 0 bridgehead atoms. The first-order valence-corrected chi connectivity index (χ1v) is 14.6. The number of aromatic nitrogens is 1. The Kier molecular flexibility index (Phi) is 9.07. The van der Waals surface area contributed by atoms with Crippen molar-refractivity contribution in [1.29, 1.82) is 5.26 Å². The number of rotatable bonds is 8. The molecular formula is C34H34F2N4O3. The van der Waals surface area contributed by atoms with E-state index in [-0.39, 0.29) is 41.7 Å². The number of pyridine rings is 1. The summed E-state index contributed by atoms with van der Waals surface area (Å²) in [5.41, 5.74) is 3.53. The van der Waals surface area contributed by atoms with Gasteiger partial charge in [0, 0.05) is 55.2 Å². The van der Waals surface area contributed by atoms with Crippen LogP contribution in [0.5, 0.6) is 0 Å². The monoisotopic (exact) mass is 584 g/mol. The van der Waals surface area contributed by atoms with E-state index in [0.717, 1.165) is 11.1 Å². The van der Waals surface area contributed by atoms with Crippen LogP contribution in [0.4, 0.5) is 8.78 Å². The average molecular weight is 585 g/mol. The molecule has 3 aromatic rings. The molecule has 43 heavy (non-hydrogen) atoms. The van der Waals surface area contributed by atoms with E-state index in [9.17, 15) is 14.4 Å². The summed E-state index contributed by atoms with van der Waals surface area (Å²) in [7, 11) is 0. The van der Waals surface area contributed by atoms with Crippen molar-refractivity contribution >= 4 is 17.5 Å². The van der Waals surface area contributed by atoms with Crippen LogP contribution < -0.4 is 0 Å². The number of hydrogen-bond donors (Lipinski definition) is 0. The van der Waals surface area contributed by atoms with Crippen molar-refractivity contribution in [2.75, 3.05) is 26.2 Å². The Morgan fingerprint density at radius 3 is 2.21 bits per heavy atom. The Balaban J connectivity index is 1.11. The van der Waals surface area contributed by atoms with Crippen molar-refractivity contribution in [3.05, 3.63) is 100 Å². The fourth-order valence-electron chi connectivity index (χ4n) is 5.87. The SMILES string of the molecule is Cc1ccc(C(=O)C2CCN(C(=O)c3ccc(C(=O)CC4CCN(Cc5ccc(C#N)cc5)CC4(F)F)cn3)CC2)cc1. The van der Waals surface area contributed by atoms with Crippen LogP contribution in [0.1, 0.15) is 73.6 Å². The maximum atomic E-state index is 15.1. The van der Waals surface area contributed by atoms with Crippen LogP contribution in [0, 0.1) is 30.1 Å². The average Bonchev–Trinajstić information content (AvgIpc) is 3.02. The van der Waals surface area contributed by atoms with E-state index in [4.69, 9.17) is 5.26 Å². The van der Waals surface area contributed by atoms with Gasteiger partial charge in [0.05, 0.1) is 18.2 Å². The maximum Gasteiger partial charge on any atom is 0.272 e. The molecule has 1 unspecified atom stereocenters. The van der Waals surface area contributed by atoms with Crippen molar-refractivity contribution in [3.63, 3.8) is 0 Å². The van der Waals surface area contributed by atoms with Crippen LogP contribution in [0.15, 0.2) is 66.9 Å². The zero-order chi connectivity index (χ0) is 30.6. The van der Waals surface area contributed by atoms with E-state index in [2.05, 4.69) is 4.98 Å². The van der Waals surface area contributed by atoms with Gasteiger partial charge in [-0.1, -0.05) is 42.0 Å². The summed E-state index contributed by atoms with van der Waals surface area (Å²) in [5, 5.41) is 8.94. The molecule has 3 heterocycles. The lowest BCUT2D eigenvalue weighted by Crippen LogP contribution is -2.48. The van der Waals surface area contributed by atoms with Crippen LogP contribution in [-0.4, -0.2) is 64.4 Å². The van der Waals surface area contributed by atoms with E-state index >= 15 is 8.78 Å². The number of carbonyl (C=O) groups is 3. The van der Waals surface area contributed by atoms with Crippen molar-refractivity contribution in [2.24, 2.45) is 11.8 Å². The van der Waals surface area contributed by atoms with Gasteiger partial charge in [0.2, 0.25) is 0 Å². The van der Waals surface area contributed by atoms with E-state index in [1.54, 1.807) is 34.1 Å². The number of likely N-dealkylation sites (tertiary alicyclic amines) is 2.